The van der Waals surface area contributed by atoms with E-state index in [1.165, 1.54) is 17.0 Å². The lowest BCUT2D eigenvalue weighted by Gasteiger charge is -2.28. The van der Waals surface area contributed by atoms with E-state index < -0.39 is 17.8 Å². The third-order valence-electron chi connectivity index (χ3n) is 2.92. The second-order valence-corrected chi connectivity index (χ2v) is 4.48. The third-order valence-corrected chi connectivity index (χ3v) is 2.92. The Balaban J connectivity index is 2.15. The van der Waals surface area contributed by atoms with Crippen LogP contribution in [0.1, 0.15) is 23.1 Å². The van der Waals surface area contributed by atoms with E-state index in [0.29, 0.717) is 18.7 Å². The quantitative estimate of drug-likeness (QED) is 0.684. The van der Waals surface area contributed by atoms with Crippen molar-refractivity contribution >= 4 is 6.09 Å². The highest BCUT2D eigenvalue weighted by Crippen LogP contribution is 2.32. The lowest BCUT2D eigenvalue weighted by Crippen LogP contribution is -2.41. The van der Waals surface area contributed by atoms with Gasteiger partial charge in [0.2, 0.25) is 0 Å². The van der Waals surface area contributed by atoms with Crippen molar-refractivity contribution in [3.8, 4) is 12.0 Å². The molecule has 0 bridgehead atoms. The number of aryl methyl sites for hydroxylation is 1. The number of nitrogens with zero attached hydrogens (tertiary/aromatic N) is 1. The number of halogens is 3. The van der Waals surface area contributed by atoms with Gasteiger partial charge < -0.3 is 9.64 Å². The van der Waals surface area contributed by atoms with Crippen LogP contribution in [0.25, 0.3) is 0 Å². The number of likely N-dealkylation sites (tertiary alicyclic amines) is 1. The largest absolute Gasteiger partial charge is 0.423 e. The first-order valence-electron chi connectivity index (χ1n) is 6.02. The van der Waals surface area contributed by atoms with Gasteiger partial charge in [-0.15, -0.1) is 0 Å². The van der Waals surface area contributed by atoms with Crippen LogP contribution in [-0.2, 0) is 10.9 Å². The fraction of sp³-hybridized carbons (Fsp3) is 0.357. The number of carbonyl (C=O) groups excluding carboxylic acids is 1. The monoisotopic (exact) mass is 283 g/mol. The average Bonchev–Trinajstić information content (AvgIpc) is 2.27. The van der Waals surface area contributed by atoms with Crippen molar-refractivity contribution in [3.05, 3.63) is 34.9 Å². The minimum atomic E-state index is -4.49. The van der Waals surface area contributed by atoms with E-state index in [1.54, 1.807) is 6.92 Å². The van der Waals surface area contributed by atoms with Gasteiger partial charge >= 0.3 is 12.3 Å². The number of amides is 1. The fourth-order valence-electron chi connectivity index (χ4n) is 1.69. The molecule has 0 aliphatic carbocycles. The van der Waals surface area contributed by atoms with Crippen LogP contribution in [0.5, 0.6) is 0 Å². The molecule has 1 saturated heterocycles. The van der Waals surface area contributed by atoms with Crippen LogP contribution in [0.3, 0.4) is 0 Å². The molecule has 1 amide bonds. The minimum Gasteiger partial charge on any atom is -0.355 e. The molecule has 6 heteroatoms. The number of rotatable bonds is 0. The lowest BCUT2D eigenvalue weighted by atomic mass is 10.0. The first-order chi connectivity index (χ1) is 9.38. The van der Waals surface area contributed by atoms with Gasteiger partial charge in [-0.05, 0) is 31.4 Å². The Bertz CT molecular complexity index is 580. The van der Waals surface area contributed by atoms with Crippen LogP contribution in [-0.4, -0.2) is 24.1 Å². The van der Waals surface area contributed by atoms with E-state index in [1.807, 2.05) is 6.11 Å². The zero-order chi connectivity index (χ0) is 14.8. The molecule has 1 aromatic rings. The molecular formula is C14H12F3NO2. The van der Waals surface area contributed by atoms with Gasteiger partial charge in [0.05, 0.1) is 5.56 Å². The number of benzene rings is 1. The second kappa shape index (κ2) is 5.45. The summed E-state index contributed by atoms with van der Waals surface area (Å²) >= 11 is 0. The van der Waals surface area contributed by atoms with Gasteiger partial charge in [-0.2, -0.15) is 13.2 Å². The smallest absolute Gasteiger partial charge is 0.355 e. The van der Waals surface area contributed by atoms with Crippen molar-refractivity contribution in [3.63, 3.8) is 0 Å². The molecule has 1 fully saturated rings. The number of hydrogen-bond donors (Lipinski definition) is 0. The normalized spacial score (nSPS) is 14.1. The van der Waals surface area contributed by atoms with Gasteiger partial charge in [0.25, 0.3) is 0 Å². The van der Waals surface area contributed by atoms with Crippen molar-refractivity contribution in [2.75, 3.05) is 13.1 Å². The van der Waals surface area contributed by atoms with E-state index in [-0.39, 0.29) is 5.56 Å². The van der Waals surface area contributed by atoms with Crippen molar-refractivity contribution in [2.45, 2.75) is 19.5 Å². The Hall–Kier alpha value is -2.16. The van der Waals surface area contributed by atoms with Crippen molar-refractivity contribution in [2.24, 2.45) is 0 Å². The standard InChI is InChI=1S/C14H12F3NO2/c1-10-3-4-11(12(9-10)14(15,16)17)5-8-20-13(19)18-6-2-7-18/h3-4,9H,2,6-7H2,1H3. The van der Waals surface area contributed by atoms with Gasteiger partial charge in [-0.25, -0.2) is 4.79 Å². The third kappa shape index (κ3) is 3.23. The molecule has 1 heterocycles. The maximum Gasteiger partial charge on any atom is 0.423 e. The summed E-state index contributed by atoms with van der Waals surface area (Å²) in [6, 6.07) is 3.81. The predicted molar refractivity (Wildman–Crippen MR) is 65.7 cm³/mol. The van der Waals surface area contributed by atoms with Crippen LogP contribution in [0, 0.1) is 19.0 Å². The fourth-order valence-corrected chi connectivity index (χ4v) is 1.69. The highest BCUT2D eigenvalue weighted by atomic mass is 19.4. The molecule has 0 radical (unpaired) electrons. The van der Waals surface area contributed by atoms with E-state index >= 15 is 0 Å². The van der Waals surface area contributed by atoms with Crippen molar-refractivity contribution < 1.29 is 22.7 Å². The highest BCUT2D eigenvalue weighted by Gasteiger charge is 2.33. The van der Waals surface area contributed by atoms with Crippen LogP contribution in [0.2, 0.25) is 0 Å². The Morgan fingerprint density at radius 1 is 1.35 bits per heavy atom. The van der Waals surface area contributed by atoms with Crippen LogP contribution < -0.4 is 0 Å². The first-order valence-corrected chi connectivity index (χ1v) is 6.02. The molecule has 0 spiro atoms. The van der Waals surface area contributed by atoms with Crippen LogP contribution in [0.15, 0.2) is 18.2 Å². The molecule has 0 saturated carbocycles. The Kier molecular flexibility index (Phi) is 3.89. The molecule has 1 aromatic carbocycles. The molecular weight excluding hydrogens is 271 g/mol. The molecule has 1 aliphatic rings. The molecule has 2 rings (SSSR count). The molecule has 20 heavy (non-hydrogen) atoms. The van der Waals surface area contributed by atoms with Crippen LogP contribution >= 0.6 is 0 Å². The number of ether oxygens (including phenoxy) is 1. The molecule has 0 N–H and O–H groups in total. The molecule has 3 nitrogen and oxygen atoms in total. The highest BCUT2D eigenvalue weighted by molar-refractivity contribution is 5.69. The summed E-state index contributed by atoms with van der Waals surface area (Å²) in [6.07, 6.45) is -2.17. The first kappa shape index (κ1) is 14.3. The van der Waals surface area contributed by atoms with Crippen molar-refractivity contribution in [1.29, 1.82) is 0 Å². The summed E-state index contributed by atoms with van der Waals surface area (Å²) < 4.78 is 43.1. The number of alkyl halides is 3. The van der Waals surface area contributed by atoms with Gasteiger partial charge in [0.1, 0.15) is 6.11 Å². The second-order valence-electron chi connectivity index (χ2n) is 4.48. The summed E-state index contributed by atoms with van der Waals surface area (Å²) in [4.78, 5) is 12.8. The Labute approximate surface area is 114 Å². The van der Waals surface area contributed by atoms with Gasteiger partial charge in [-0.3, -0.25) is 0 Å². The number of carbonyl (C=O) groups is 1. The maximum absolute atomic E-state index is 12.8. The minimum absolute atomic E-state index is 0.209. The summed E-state index contributed by atoms with van der Waals surface area (Å²) in [6.45, 7) is 2.76. The number of hydrogen-bond acceptors (Lipinski definition) is 2. The molecule has 0 unspecified atom stereocenters. The predicted octanol–water partition coefficient (Wildman–Crippen LogP) is 3.17. The van der Waals surface area contributed by atoms with E-state index in [2.05, 4.69) is 10.7 Å². The molecule has 0 atom stereocenters. The van der Waals surface area contributed by atoms with Gasteiger partial charge in [-0.1, -0.05) is 11.6 Å². The lowest BCUT2D eigenvalue weighted by molar-refractivity contribution is -0.137. The topological polar surface area (TPSA) is 29.5 Å². The zero-order valence-electron chi connectivity index (χ0n) is 10.8. The maximum atomic E-state index is 12.8. The molecule has 1 aliphatic heterocycles. The van der Waals surface area contributed by atoms with Gasteiger partial charge in [0.15, 0.2) is 0 Å². The van der Waals surface area contributed by atoms with E-state index in [4.69, 9.17) is 0 Å². The summed E-state index contributed by atoms with van der Waals surface area (Å²) in [5.74, 6) is 2.24. The molecule has 0 aromatic heterocycles. The molecule has 106 valence electrons. The summed E-state index contributed by atoms with van der Waals surface area (Å²) in [7, 11) is 0. The van der Waals surface area contributed by atoms with E-state index in [0.717, 1.165) is 12.5 Å². The zero-order valence-corrected chi connectivity index (χ0v) is 10.8. The SMILES string of the molecule is Cc1ccc(C#COC(=O)N2CCC2)c(C(F)(F)F)c1. The van der Waals surface area contributed by atoms with Crippen LogP contribution in [0.4, 0.5) is 18.0 Å². The Morgan fingerprint density at radius 3 is 2.60 bits per heavy atom. The Morgan fingerprint density at radius 2 is 2.05 bits per heavy atom. The van der Waals surface area contributed by atoms with Gasteiger partial charge in [0, 0.05) is 18.7 Å². The summed E-state index contributed by atoms with van der Waals surface area (Å²) in [5, 5.41) is 0. The van der Waals surface area contributed by atoms with Crippen molar-refractivity contribution in [1.82, 2.24) is 4.90 Å². The summed E-state index contributed by atoms with van der Waals surface area (Å²) in [5.41, 5.74) is -0.551. The van der Waals surface area contributed by atoms with E-state index in [9.17, 15) is 18.0 Å². The average molecular weight is 283 g/mol.